The summed E-state index contributed by atoms with van der Waals surface area (Å²) in [5.74, 6) is 1.91. The Kier molecular flexibility index (Phi) is 8.69. The molecule has 0 aliphatic heterocycles. The molecular formula is C27H37N3S. The van der Waals surface area contributed by atoms with Crippen LogP contribution in [0.2, 0.25) is 0 Å². The lowest BCUT2D eigenvalue weighted by Crippen LogP contribution is -2.31. The first kappa shape index (κ1) is 24.9. The number of nitrogens with zero attached hydrogens (tertiary/aromatic N) is 3. The Labute approximate surface area is 193 Å². The van der Waals surface area contributed by atoms with Gasteiger partial charge in [0, 0.05) is 17.4 Å². The van der Waals surface area contributed by atoms with Crippen molar-refractivity contribution in [3.05, 3.63) is 72.3 Å². The van der Waals surface area contributed by atoms with E-state index in [0.29, 0.717) is 12.0 Å². The Balaban J connectivity index is 2.00. The number of anilines is 1. The lowest BCUT2D eigenvalue weighted by molar-refractivity contribution is 0.162. The van der Waals surface area contributed by atoms with Gasteiger partial charge in [0.15, 0.2) is 0 Å². The number of benzene rings is 2. The molecule has 0 unspecified atom stereocenters. The summed E-state index contributed by atoms with van der Waals surface area (Å²) >= 11 is 1.95. The zero-order valence-electron chi connectivity index (χ0n) is 20.0. The molecule has 0 atom stereocenters. The van der Waals surface area contributed by atoms with Crippen LogP contribution in [0.15, 0.2) is 76.2 Å². The molecule has 0 aliphatic carbocycles. The summed E-state index contributed by atoms with van der Waals surface area (Å²) in [7, 11) is 0. The van der Waals surface area contributed by atoms with Crippen LogP contribution in [0.3, 0.4) is 0 Å². The number of hydrogen-bond acceptors (Lipinski definition) is 3. The van der Waals surface area contributed by atoms with Gasteiger partial charge in [-0.1, -0.05) is 65.0 Å². The van der Waals surface area contributed by atoms with E-state index in [9.17, 15) is 0 Å². The smallest absolute Gasteiger partial charge is 0.122 e. The Bertz CT molecular complexity index is 888. The highest BCUT2D eigenvalue weighted by atomic mass is 32.2. The minimum absolute atomic E-state index is 0.279. The second-order valence-electron chi connectivity index (χ2n) is 9.54. The van der Waals surface area contributed by atoms with Crippen LogP contribution in [0.1, 0.15) is 52.7 Å². The lowest BCUT2D eigenvalue weighted by atomic mass is 9.71. The molecule has 0 saturated heterocycles. The highest BCUT2D eigenvalue weighted by molar-refractivity contribution is 7.99. The number of aliphatic imine (C=N–C) groups is 1. The van der Waals surface area contributed by atoms with Crippen LogP contribution < -0.4 is 5.01 Å². The second-order valence-corrected chi connectivity index (χ2v) is 10.6. The van der Waals surface area contributed by atoms with Gasteiger partial charge in [0.1, 0.15) is 5.84 Å². The molecule has 0 aromatic heterocycles. The molecule has 0 aliphatic rings. The first-order valence-corrected chi connectivity index (χ1v) is 11.8. The summed E-state index contributed by atoms with van der Waals surface area (Å²) in [5, 5.41) is 5.85. The van der Waals surface area contributed by atoms with Crippen LogP contribution in [0.4, 0.5) is 5.69 Å². The van der Waals surface area contributed by atoms with Gasteiger partial charge in [0.2, 0.25) is 0 Å². The Hall–Kier alpha value is -2.33. The van der Waals surface area contributed by atoms with Crippen molar-refractivity contribution in [1.82, 2.24) is 0 Å². The first-order valence-electron chi connectivity index (χ1n) is 10.8. The highest BCUT2D eigenvalue weighted by Crippen LogP contribution is 2.41. The van der Waals surface area contributed by atoms with Gasteiger partial charge in [-0.05, 0) is 59.6 Å². The van der Waals surface area contributed by atoms with Crippen molar-refractivity contribution in [2.24, 2.45) is 20.9 Å². The van der Waals surface area contributed by atoms with E-state index in [1.54, 1.807) is 11.1 Å². The summed E-state index contributed by atoms with van der Waals surface area (Å²) in [6.07, 6.45) is 2.67. The molecule has 2 aromatic carbocycles. The van der Waals surface area contributed by atoms with Gasteiger partial charge in [-0.25, -0.2) is 5.01 Å². The number of rotatable bonds is 9. The molecule has 0 saturated carbocycles. The molecule has 0 amide bonds. The van der Waals surface area contributed by atoms with E-state index in [1.807, 2.05) is 18.7 Å². The molecule has 0 heterocycles. The zero-order valence-corrected chi connectivity index (χ0v) is 20.8. The van der Waals surface area contributed by atoms with Crippen molar-refractivity contribution in [1.29, 1.82) is 0 Å². The highest BCUT2D eigenvalue weighted by Gasteiger charge is 2.32. The van der Waals surface area contributed by atoms with Gasteiger partial charge in [0.05, 0.1) is 12.2 Å². The van der Waals surface area contributed by atoms with Crippen LogP contribution in [-0.4, -0.2) is 24.9 Å². The third kappa shape index (κ3) is 7.10. The Morgan fingerprint density at radius 1 is 0.968 bits per heavy atom. The molecule has 3 nitrogen and oxygen atoms in total. The van der Waals surface area contributed by atoms with E-state index in [-0.39, 0.29) is 5.41 Å². The molecule has 0 fully saturated rings. The third-order valence-electron chi connectivity index (χ3n) is 6.04. The average Bonchev–Trinajstić information content (AvgIpc) is 2.72. The second kappa shape index (κ2) is 10.8. The van der Waals surface area contributed by atoms with Crippen LogP contribution >= 0.6 is 11.8 Å². The summed E-state index contributed by atoms with van der Waals surface area (Å²) in [6.45, 7) is 21.5. The van der Waals surface area contributed by atoms with E-state index < -0.39 is 0 Å². The SMILES string of the molecule is C=CC/N=C(/C)N(N=C)c1ccc(Cc2ccc(SCC(C)(C)C(C)(C)C)cc2)cc1. The fourth-order valence-electron chi connectivity index (χ4n) is 2.81. The molecule has 0 bridgehead atoms. The van der Waals surface area contributed by atoms with E-state index >= 15 is 0 Å². The fourth-order valence-corrected chi connectivity index (χ4v) is 4.10. The van der Waals surface area contributed by atoms with Crippen molar-refractivity contribution in [3.63, 3.8) is 0 Å². The number of hydrazone groups is 1. The fraction of sp³-hybridized carbons (Fsp3) is 0.407. The molecular weight excluding hydrogens is 398 g/mol. The normalized spacial score (nSPS) is 12.5. The average molecular weight is 436 g/mol. The predicted octanol–water partition coefficient (Wildman–Crippen LogP) is 7.47. The van der Waals surface area contributed by atoms with Crippen molar-refractivity contribution >= 4 is 30.0 Å². The summed E-state index contributed by atoms with van der Waals surface area (Å²) in [5.41, 5.74) is 4.11. The van der Waals surface area contributed by atoms with Gasteiger partial charge in [-0.2, -0.15) is 5.10 Å². The maximum atomic E-state index is 4.42. The molecule has 4 heteroatoms. The standard InChI is InChI=1S/C27H37N3S/c1-9-18-29-21(2)30(28-8)24-14-10-22(11-15-24)19-23-12-16-25(17-13-23)31-20-27(6,7)26(3,4)5/h9-17H,1,8,18-20H2,2-7H3/b29-21-. The minimum atomic E-state index is 0.279. The van der Waals surface area contributed by atoms with E-state index in [1.165, 1.54) is 16.0 Å². The molecule has 2 aromatic rings. The van der Waals surface area contributed by atoms with E-state index in [2.05, 4.69) is 107 Å². The van der Waals surface area contributed by atoms with Gasteiger partial charge < -0.3 is 0 Å². The van der Waals surface area contributed by atoms with Crippen molar-refractivity contribution in [2.75, 3.05) is 17.3 Å². The quantitative estimate of drug-likeness (QED) is 0.134. The lowest BCUT2D eigenvalue weighted by Gasteiger charge is -2.38. The Morgan fingerprint density at radius 2 is 1.52 bits per heavy atom. The molecule has 31 heavy (non-hydrogen) atoms. The molecule has 0 radical (unpaired) electrons. The van der Waals surface area contributed by atoms with Crippen molar-refractivity contribution < 1.29 is 0 Å². The third-order valence-corrected chi connectivity index (χ3v) is 7.51. The summed E-state index contributed by atoms with van der Waals surface area (Å²) in [6, 6.07) is 17.4. The molecule has 0 N–H and O–H groups in total. The number of amidine groups is 1. The topological polar surface area (TPSA) is 28.0 Å². The van der Waals surface area contributed by atoms with Gasteiger partial charge in [-0.15, -0.1) is 18.3 Å². The van der Waals surface area contributed by atoms with Crippen LogP contribution in [0, 0.1) is 10.8 Å². The molecule has 166 valence electrons. The van der Waals surface area contributed by atoms with E-state index in [4.69, 9.17) is 0 Å². The summed E-state index contributed by atoms with van der Waals surface area (Å²) < 4.78 is 0. The minimum Gasteiger partial charge on any atom is -0.267 e. The maximum Gasteiger partial charge on any atom is 0.122 e. The van der Waals surface area contributed by atoms with Gasteiger partial charge in [0.25, 0.3) is 0 Å². The zero-order chi connectivity index (χ0) is 23.1. The molecule has 2 rings (SSSR count). The van der Waals surface area contributed by atoms with Crippen LogP contribution in [0.25, 0.3) is 0 Å². The van der Waals surface area contributed by atoms with Crippen molar-refractivity contribution in [3.8, 4) is 0 Å². The molecule has 0 spiro atoms. The van der Waals surface area contributed by atoms with Gasteiger partial charge >= 0.3 is 0 Å². The van der Waals surface area contributed by atoms with Crippen LogP contribution in [0.5, 0.6) is 0 Å². The number of thioether (sulfide) groups is 1. The summed E-state index contributed by atoms with van der Waals surface area (Å²) in [4.78, 5) is 5.75. The van der Waals surface area contributed by atoms with Crippen LogP contribution in [-0.2, 0) is 6.42 Å². The van der Waals surface area contributed by atoms with Gasteiger partial charge in [-0.3, -0.25) is 4.99 Å². The Morgan fingerprint density at radius 3 is 2.00 bits per heavy atom. The first-order chi connectivity index (χ1) is 14.6. The predicted molar refractivity (Wildman–Crippen MR) is 140 cm³/mol. The maximum absolute atomic E-state index is 4.42. The largest absolute Gasteiger partial charge is 0.267 e. The monoisotopic (exact) mass is 435 g/mol. The van der Waals surface area contributed by atoms with E-state index in [0.717, 1.165) is 23.7 Å². The number of hydrogen-bond donors (Lipinski definition) is 0. The van der Waals surface area contributed by atoms with Crippen molar-refractivity contribution in [2.45, 2.75) is 52.9 Å².